The molecule has 1 saturated heterocycles. The topological polar surface area (TPSA) is 21.8 Å². The number of piperazine rings is 1. The first kappa shape index (κ1) is 16.9. The molecule has 0 aromatic carbocycles. The zero-order valence-electron chi connectivity index (χ0n) is 13.8. The number of thiophene rings is 1. The van der Waals surface area contributed by atoms with E-state index in [1.165, 1.54) is 49.0 Å². The molecular weight excluding hydrogens is 280 g/mol. The van der Waals surface area contributed by atoms with Crippen LogP contribution in [0.3, 0.4) is 0 Å². The van der Waals surface area contributed by atoms with Crippen LogP contribution in [0.2, 0.25) is 0 Å². The minimum atomic E-state index is 1.01. The quantitative estimate of drug-likeness (QED) is 0.786. The Morgan fingerprint density at radius 1 is 1.10 bits per heavy atom. The van der Waals surface area contributed by atoms with Gasteiger partial charge in [0.1, 0.15) is 0 Å². The van der Waals surface area contributed by atoms with Crippen LogP contribution in [-0.4, -0.2) is 74.6 Å². The highest BCUT2D eigenvalue weighted by molar-refractivity contribution is 7.11. The number of nitrogens with zero attached hydrogens (tertiary/aromatic N) is 3. The van der Waals surface area contributed by atoms with Gasteiger partial charge in [-0.2, -0.15) is 0 Å². The summed E-state index contributed by atoms with van der Waals surface area (Å²) in [6, 6.07) is 4.58. The first-order chi connectivity index (χ1) is 10.2. The molecule has 0 radical (unpaired) electrons. The Morgan fingerprint density at radius 3 is 2.43 bits per heavy atom. The second-order valence-electron chi connectivity index (χ2n) is 6.07. The molecule has 21 heavy (non-hydrogen) atoms. The van der Waals surface area contributed by atoms with Gasteiger partial charge in [0, 0.05) is 62.1 Å². The van der Waals surface area contributed by atoms with Gasteiger partial charge in [-0.25, -0.2) is 0 Å². The molecule has 120 valence electrons. The van der Waals surface area contributed by atoms with Gasteiger partial charge in [-0.3, -0.25) is 9.80 Å². The molecule has 0 aliphatic carbocycles. The number of nitrogens with one attached hydrogen (secondary N) is 1. The van der Waals surface area contributed by atoms with Crippen molar-refractivity contribution in [2.45, 2.75) is 20.0 Å². The molecular formula is C16H30N4S. The summed E-state index contributed by atoms with van der Waals surface area (Å²) in [7, 11) is 4.30. The minimum Gasteiger partial charge on any atom is -0.312 e. The standard InChI is InChI=1S/C16H30N4S/c1-4-17-13-15-5-6-16(21-15)14-20-11-9-19(10-12-20)8-7-18(2)3/h5-6,17H,4,7-14H2,1-3H3. The van der Waals surface area contributed by atoms with Crippen LogP contribution >= 0.6 is 11.3 Å². The average Bonchev–Trinajstić information content (AvgIpc) is 2.92. The van der Waals surface area contributed by atoms with Gasteiger partial charge < -0.3 is 10.2 Å². The monoisotopic (exact) mass is 310 g/mol. The van der Waals surface area contributed by atoms with E-state index in [4.69, 9.17) is 0 Å². The Kier molecular flexibility index (Phi) is 7.13. The fourth-order valence-corrected chi connectivity index (χ4v) is 3.61. The lowest BCUT2D eigenvalue weighted by Crippen LogP contribution is -2.47. The fourth-order valence-electron chi connectivity index (χ4n) is 2.58. The lowest BCUT2D eigenvalue weighted by Gasteiger charge is -2.34. The predicted molar refractivity (Wildman–Crippen MR) is 92.0 cm³/mol. The summed E-state index contributed by atoms with van der Waals surface area (Å²) in [5.41, 5.74) is 0. The maximum absolute atomic E-state index is 3.40. The van der Waals surface area contributed by atoms with E-state index < -0.39 is 0 Å². The van der Waals surface area contributed by atoms with Gasteiger partial charge in [0.25, 0.3) is 0 Å². The molecule has 0 bridgehead atoms. The van der Waals surface area contributed by atoms with Gasteiger partial charge in [0.2, 0.25) is 0 Å². The Labute approximate surface area is 133 Å². The number of hydrogen-bond acceptors (Lipinski definition) is 5. The molecule has 0 atom stereocenters. The average molecular weight is 311 g/mol. The van der Waals surface area contributed by atoms with Crippen LogP contribution in [0.25, 0.3) is 0 Å². The molecule has 1 aromatic heterocycles. The molecule has 0 spiro atoms. The second kappa shape index (κ2) is 8.86. The van der Waals surface area contributed by atoms with E-state index in [0.717, 1.165) is 19.6 Å². The highest BCUT2D eigenvalue weighted by Crippen LogP contribution is 2.19. The number of hydrogen-bond donors (Lipinski definition) is 1. The van der Waals surface area contributed by atoms with Crippen LogP contribution in [0.5, 0.6) is 0 Å². The SMILES string of the molecule is CCNCc1ccc(CN2CCN(CCN(C)C)CC2)s1. The van der Waals surface area contributed by atoms with Crippen molar-refractivity contribution in [1.82, 2.24) is 20.0 Å². The number of rotatable bonds is 8. The van der Waals surface area contributed by atoms with Crippen LogP contribution in [0.1, 0.15) is 16.7 Å². The van der Waals surface area contributed by atoms with E-state index in [0.29, 0.717) is 0 Å². The van der Waals surface area contributed by atoms with E-state index in [9.17, 15) is 0 Å². The summed E-state index contributed by atoms with van der Waals surface area (Å²) in [6.45, 7) is 12.5. The van der Waals surface area contributed by atoms with Crippen LogP contribution in [0.15, 0.2) is 12.1 Å². The van der Waals surface area contributed by atoms with Crippen molar-refractivity contribution >= 4 is 11.3 Å². The molecule has 1 aliphatic heterocycles. The van der Waals surface area contributed by atoms with Gasteiger partial charge >= 0.3 is 0 Å². The smallest absolute Gasteiger partial charge is 0.0329 e. The summed E-state index contributed by atoms with van der Waals surface area (Å²) in [6.07, 6.45) is 0. The van der Waals surface area contributed by atoms with Gasteiger partial charge in [-0.1, -0.05) is 6.92 Å². The molecule has 5 heteroatoms. The van der Waals surface area contributed by atoms with Gasteiger partial charge in [-0.05, 0) is 32.8 Å². The van der Waals surface area contributed by atoms with Crippen LogP contribution in [0.4, 0.5) is 0 Å². The third-order valence-corrected chi connectivity index (χ3v) is 5.04. The molecule has 2 rings (SSSR count). The molecule has 1 aromatic rings. The molecule has 1 N–H and O–H groups in total. The van der Waals surface area contributed by atoms with Crippen molar-refractivity contribution in [3.63, 3.8) is 0 Å². The Hall–Kier alpha value is -0.460. The molecule has 1 aliphatic rings. The Balaban J connectivity index is 1.69. The molecule has 0 saturated carbocycles. The Bertz CT molecular complexity index is 397. The van der Waals surface area contributed by atoms with Crippen LogP contribution < -0.4 is 5.32 Å². The van der Waals surface area contributed by atoms with E-state index in [2.05, 4.69) is 53.2 Å². The maximum Gasteiger partial charge on any atom is 0.0329 e. The molecule has 0 amide bonds. The lowest BCUT2D eigenvalue weighted by molar-refractivity contribution is 0.121. The van der Waals surface area contributed by atoms with Crippen molar-refractivity contribution in [2.75, 3.05) is 59.9 Å². The molecule has 0 unspecified atom stereocenters. The summed E-state index contributed by atoms with van der Waals surface area (Å²) in [5.74, 6) is 0. The van der Waals surface area contributed by atoms with E-state index in [1.807, 2.05) is 11.3 Å². The summed E-state index contributed by atoms with van der Waals surface area (Å²) in [4.78, 5) is 10.4. The highest BCUT2D eigenvalue weighted by atomic mass is 32.1. The van der Waals surface area contributed by atoms with Crippen molar-refractivity contribution in [3.8, 4) is 0 Å². The van der Waals surface area contributed by atoms with E-state index in [1.54, 1.807) is 0 Å². The van der Waals surface area contributed by atoms with Crippen molar-refractivity contribution in [1.29, 1.82) is 0 Å². The predicted octanol–water partition coefficient (Wildman–Crippen LogP) is 1.54. The lowest BCUT2D eigenvalue weighted by atomic mass is 10.3. The van der Waals surface area contributed by atoms with E-state index in [-0.39, 0.29) is 0 Å². The first-order valence-electron chi connectivity index (χ1n) is 8.05. The first-order valence-corrected chi connectivity index (χ1v) is 8.86. The zero-order chi connectivity index (χ0) is 15.1. The van der Waals surface area contributed by atoms with Gasteiger partial charge in [0.15, 0.2) is 0 Å². The summed E-state index contributed by atoms with van der Waals surface area (Å²) < 4.78 is 0. The third kappa shape index (κ3) is 6.04. The summed E-state index contributed by atoms with van der Waals surface area (Å²) in [5, 5.41) is 3.40. The van der Waals surface area contributed by atoms with Gasteiger partial charge in [0.05, 0.1) is 0 Å². The molecule has 2 heterocycles. The van der Waals surface area contributed by atoms with Crippen molar-refractivity contribution < 1.29 is 0 Å². The number of likely N-dealkylation sites (N-methyl/N-ethyl adjacent to an activating group) is 1. The fraction of sp³-hybridized carbons (Fsp3) is 0.750. The normalized spacial score (nSPS) is 17.7. The second-order valence-corrected chi connectivity index (χ2v) is 7.32. The zero-order valence-corrected chi connectivity index (χ0v) is 14.6. The van der Waals surface area contributed by atoms with Gasteiger partial charge in [-0.15, -0.1) is 11.3 Å². The van der Waals surface area contributed by atoms with Crippen molar-refractivity contribution in [2.24, 2.45) is 0 Å². The Morgan fingerprint density at radius 2 is 1.76 bits per heavy atom. The van der Waals surface area contributed by atoms with Crippen LogP contribution in [0, 0.1) is 0 Å². The molecule has 4 nitrogen and oxygen atoms in total. The maximum atomic E-state index is 3.40. The summed E-state index contributed by atoms with van der Waals surface area (Å²) >= 11 is 1.96. The molecule has 1 fully saturated rings. The van der Waals surface area contributed by atoms with Crippen molar-refractivity contribution in [3.05, 3.63) is 21.9 Å². The van der Waals surface area contributed by atoms with E-state index >= 15 is 0 Å². The minimum absolute atomic E-state index is 1.01. The largest absolute Gasteiger partial charge is 0.312 e. The highest BCUT2D eigenvalue weighted by Gasteiger charge is 2.17. The third-order valence-electron chi connectivity index (χ3n) is 3.97. The van der Waals surface area contributed by atoms with Crippen LogP contribution in [-0.2, 0) is 13.1 Å².